The van der Waals surface area contributed by atoms with E-state index < -0.39 is 0 Å². The Balaban J connectivity index is 2.58. The van der Waals surface area contributed by atoms with E-state index in [1.54, 1.807) is 18.3 Å². The summed E-state index contributed by atoms with van der Waals surface area (Å²) in [5.41, 5.74) is 7.74. The number of aryl methyl sites for hydroxylation is 1. The average molecular weight is 203 g/mol. The predicted molar refractivity (Wildman–Crippen MR) is 56.6 cm³/mol. The molecule has 2 N–H and O–H groups in total. The van der Waals surface area contributed by atoms with Crippen LogP contribution >= 0.6 is 0 Å². The molecule has 0 bridgehead atoms. The summed E-state index contributed by atoms with van der Waals surface area (Å²) in [6.45, 7) is 1.86. The maximum atomic E-state index is 13.0. The summed E-state index contributed by atoms with van der Waals surface area (Å²) in [6, 6.07) is 6.25. The van der Waals surface area contributed by atoms with Crippen LogP contribution in [-0.2, 0) is 0 Å². The van der Waals surface area contributed by atoms with Gasteiger partial charge in [0, 0.05) is 11.8 Å². The van der Waals surface area contributed by atoms with Gasteiger partial charge in [-0.3, -0.25) is 0 Å². The van der Waals surface area contributed by atoms with Crippen LogP contribution in [0.5, 0.6) is 0 Å². The third-order valence-corrected chi connectivity index (χ3v) is 2.09. The maximum Gasteiger partial charge on any atom is 0.220 e. The Morgan fingerprint density at radius 2 is 2.13 bits per heavy atom. The summed E-state index contributed by atoms with van der Waals surface area (Å²) in [7, 11) is 0. The van der Waals surface area contributed by atoms with E-state index in [9.17, 15) is 4.39 Å². The number of rotatable bonds is 1. The molecule has 1 heterocycles. The fourth-order valence-electron chi connectivity index (χ4n) is 1.38. The molecular formula is C11H10FN3. The number of benzene rings is 1. The van der Waals surface area contributed by atoms with Crippen LogP contribution in [0.4, 0.5) is 10.3 Å². The highest BCUT2D eigenvalue weighted by molar-refractivity contribution is 5.63. The first-order valence-corrected chi connectivity index (χ1v) is 4.52. The third kappa shape index (κ3) is 1.93. The molecule has 0 amide bonds. The highest BCUT2D eigenvalue weighted by Gasteiger charge is 2.05. The molecule has 0 spiro atoms. The van der Waals surface area contributed by atoms with Gasteiger partial charge in [-0.15, -0.1) is 0 Å². The molecule has 0 saturated heterocycles. The first kappa shape index (κ1) is 9.58. The Kier molecular flexibility index (Phi) is 2.33. The van der Waals surface area contributed by atoms with Gasteiger partial charge >= 0.3 is 0 Å². The molecule has 4 heteroatoms. The summed E-state index contributed by atoms with van der Waals surface area (Å²) in [4.78, 5) is 7.94. The van der Waals surface area contributed by atoms with Crippen LogP contribution in [0.3, 0.4) is 0 Å². The zero-order valence-corrected chi connectivity index (χ0v) is 8.24. The minimum atomic E-state index is -0.288. The zero-order valence-electron chi connectivity index (χ0n) is 8.24. The Morgan fingerprint density at radius 1 is 1.33 bits per heavy atom. The van der Waals surface area contributed by atoms with Crippen molar-refractivity contribution in [2.75, 3.05) is 5.73 Å². The number of nitrogens with zero attached hydrogens (tertiary/aromatic N) is 2. The molecule has 15 heavy (non-hydrogen) atoms. The summed E-state index contributed by atoms with van der Waals surface area (Å²) < 4.78 is 13.0. The first-order valence-electron chi connectivity index (χ1n) is 4.52. The highest BCUT2D eigenvalue weighted by Crippen LogP contribution is 2.21. The van der Waals surface area contributed by atoms with Gasteiger partial charge in [-0.1, -0.05) is 12.1 Å². The van der Waals surface area contributed by atoms with Crippen LogP contribution in [-0.4, -0.2) is 9.97 Å². The van der Waals surface area contributed by atoms with Gasteiger partial charge < -0.3 is 5.73 Å². The van der Waals surface area contributed by atoms with Crippen LogP contribution in [0.25, 0.3) is 11.3 Å². The Morgan fingerprint density at radius 3 is 2.87 bits per heavy atom. The average Bonchev–Trinajstić information content (AvgIpc) is 2.22. The lowest BCUT2D eigenvalue weighted by Gasteiger charge is -2.04. The third-order valence-electron chi connectivity index (χ3n) is 2.09. The van der Waals surface area contributed by atoms with E-state index in [1.165, 1.54) is 12.1 Å². The molecule has 2 rings (SSSR count). The van der Waals surface area contributed by atoms with E-state index in [0.29, 0.717) is 11.3 Å². The summed E-state index contributed by atoms with van der Waals surface area (Å²) in [6.07, 6.45) is 1.63. The van der Waals surface area contributed by atoms with Crippen molar-refractivity contribution < 1.29 is 4.39 Å². The summed E-state index contributed by atoms with van der Waals surface area (Å²) in [5, 5.41) is 0. The van der Waals surface area contributed by atoms with Crippen LogP contribution < -0.4 is 5.73 Å². The van der Waals surface area contributed by atoms with Gasteiger partial charge in [-0.2, -0.15) is 0 Å². The minimum absolute atomic E-state index is 0.194. The quantitative estimate of drug-likeness (QED) is 0.772. The number of nitrogen functional groups attached to an aromatic ring is 1. The standard InChI is InChI=1S/C11H10FN3/c1-7-6-14-11(13)15-10(7)8-3-2-4-9(12)5-8/h2-6H,1H3,(H2,13,14,15). The lowest BCUT2D eigenvalue weighted by molar-refractivity contribution is 0.628. The van der Waals surface area contributed by atoms with E-state index in [4.69, 9.17) is 5.73 Å². The minimum Gasteiger partial charge on any atom is -0.368 e. The monoisotopic (exact) mass is 203 g/mol. The smallest absolute Gasteiger partial charge is 0.220 e. The maximum absolute atomic E-state index is 13.0. The molecule has 0 aliphatic rings. The molecule has 2 aromatic rings. The molecule has 1 aromatic heterocycles. The molecule has 0 fully saturated rings. The highest BCUT2D eigenvalue weighted by atomic mass is 19.1. The second-order valence-corrected chi connectivity index (χ2v) is 3.27. The fourth-order valence-corrected chi connectivity index (χ4v) is 1.38. The van der Waals surface area contributed by atoms with Crippen molar-refractivity contribution in [2.45, 2.75) is 6.92 Å². The first-order chi connectivity index (χ1) is 7.16. The number of aromatic nitrogens is 2. The zero-order chi connectivity index (χ0) is 10.8. The second-order valence-electron chi connectivity index (χ2n) is 3.27. The number of nitrogens with two attached hydrogens (primary N) is 1. The molecule has 0 aliphatic heterocycles. The summed E-state index contributed by atoms with van der Waals surface area (Å²) >= 11 is 0. The Labute approximate surface area is 86.8 Å². The molecule has 0 saturated carbocycles. The van der Waals surface area contributed by atoms with E-state index in [-0.39, 0.29) is 11.8 Å². The van der Waals surface area contributed by atoms with Crippen molar-refractivity contribution in [2.24, 2.45) is 0 Å². The lowest BCUT2D eigenvalue weighted by Crippen LogP contribution is -1.98. The molecule has 76 valence electrons. The van der Waals surface area contributed by atoms with Crippen molar-refractivity contribution in [1.82, 2.24) is 9.97 Å². The van der Waals surface area contributed by atoms with Crippen molar-refractivity contribution in [3.05, 3.63) is 41.8 Å². The van der Waals surface area contributed by atoms with Crippen molar-refractivity contribution >= 4 is 5.95 Å². The number of hydrogen-bond acceptors (Lipinski definition) is 3. The number of anilines is 1. The van der Waals surface area contributed by atoms with Crippen molar-refractivity contribution in [3.63, 3.8) is 0 Å². The largest absolute Gasteiger partial charge is 0.368 e. The lowest BCUT2D eigenvalue weighted by atomic mass is 10.1. The van der Waals surface area contributed by atoms with Crippen LogP contribution in [0, 0.1) is 12.7 Å². The van der Waals surface area contributed by atoms with Crippen LogP contribution in [0.15, 0.2) is 30.5 Å². The van der Waals surface area contributed by atoms with Crippen molar-refractivity contribution in [3.8, 4) is 11.3 Å². The van der Waals surface area contributed by atoms with Crippen LogP contribution in [0.1, 0.15) is 5.56 Å². The second kappa shape index (κ2) is 3.65. The molecule has 0 aliphatic carbocycles. The summed E-state index contributed by atoms with van der Waals surface area (Å²) in [5.74, 6) is -0.0936. The predicted octanol–water partition coefficient (Wildman–Crippen LogP) is 2.17. The fraction of sp³-hybridized carbons (Fsp3) is 0.0909. The molecule has 0 atom stereocenters. The van der Waals surface area contributed by atoms with Gasteiger partial charge in [-0.25, -0.2) is 14.4 Å². The molecule has 1 aromatic carbocycles. The van der Waals surface area contributed by atoms with Gasteiger partial charge in [0.15, 0.2) is 0 Å². The van der Waals surface area contributed by atoms with E-state index in [2.05, 4.69) is 9.97 Å². The Bertz CT molecular complexity index is 497. The van der Waals surface area contributed by atoms with Gasteiger partial charge in [0.25, 0.3) is 0 Å². The van der Waals surface area contributed by atoms with Crippen molar-refractivity contribution in [1.29, 1.82) is 0 Å². The van der Waals surface area contributed by atoms with Gasteiger partial charge in [0.05, 0.1) is 5.69 Å². The van der Waals surface area contributed by atoms with Gasteiger partial charge in [-0.05, 0) is 24.6 Å². The molecule has 0 unspecified atom stereocenters. The van der Waals surface area contributed by atoms with E-state index in [0.717, 1.165) is 5.56 Å². The normalized spacial score (nSPS) is 10.3. The van der Waals surface area contributed by atoms with E-state index >= 15 is 0 Å². The molecule has 0 radical (unpaired) electrons. The van der Waals surface area contributed by atoms with Gasteiger partial charge in [0.2, 0.25) is 5.95 Å². The SMILES string of the molecule is Cc1cnc(N)nc1-c1cccc(F)c1. The number of halogens is 1. The van der Waals surface area contributed by atoms with Gasteiger partial charge in [0.1, 0.15) is 5.82 Å². The molecular weight excluding hydrogens is 193 g/mol. The van der Waals surface area contributed by atoms with Crippen LogP contribution in [0.2, 0.25) is 0 Å². The number of hydrogen-bond donors (Lipinski definition) is 1. The Hall–Kier alpha value is -1.97. The molecule has 3 nitrogen and oxygen atoms in total. The topological polar surface area (TPSA) is 51.8 Å². The van der Waals surface area contributed by atoms with E-state index in [1.807, 2.05) is 6.92 Å².